The number of hydrogen-bond donors (Lipinski definition) is 2. The molecule has 0 unspecified atom stereocenters. The van der Waals surface area contributed by atoms with Crippen LogP contribution >= 0.6 is 11.6 Å². The highest BCUT2D eigenvalue weighted by atomic mass is 35.5. The number of anilines is 2. The predicted octanol–water partition coefficient (Wildman–Crippen LogP) is 2.10. The second-order valence-corrected chi connectivity index (χ2v) is 6.48. The number of carbonyl (C=O) groups is 1. The Hall–Kier alpha value is -3.39. The average Bonchev–Trinajstić information content (AvgIpc) is 2.66. The molecule has 0 bridgehead atoms. The molecule has 0 saturated heterocycles. The van der Waals surface area contributed by atoms with Crippen LogP contribution in [0.25, 0.3) is 5.69 Å². The zero-order valence-electron chi connectivity index (χ0n) is 15.3. The van der Waals surface area contributed by atoms with Gasteiger partial charge in [-0.1, -0.05) is 29.8 Å². The van der Waals surface area contributed by atoms with Gasteiger partial charge in [0, 0.05) is 24.7 Å². The van der Waals surface area contributed by atoms with E-state index >= 15 is 0 Å². The summed E-state index contributed by atoms with van der Waals surface area (Å²) >= 11 is 5.90. The molecule has 2 N–H and O–H groups in total. The van der Waals surface area contributed by atoms with Crippen LogP contribution in [0.5, 0.6) is 0 Å². The molecule has 9 heteroatoms. The molecule has 1 amide bonds. The molecule has 8 nitrogen and oxygen atoms in total. The van der Waals surface area contributed by atoms with Crippen molar-refractivity contribution in [1.29, 1.82) is 0 Å². The molecule has 0 atom stereocenters. The van der Waals surface area contributed by atoms with Gasteiger partial charge in [0.25, 0.3) is 5.56 Å². The number of benzene rings is 2. The minimum Gasteiger partial charge on any atom is -0.367 e. The van der Waals surface area contributed by atoms with Gasteiger partial charge in [-0.2, -0.15) is 4.68 Å². The Morgan fingerprint density at radius 1 is 1.14 bits per heavy atom. The third-order valence-electron chi connectivity index (χ3n) is 3.96. The molecule has 28 heavy (non-hydrogen) atoms. The topological polar surface area (TPSA) is 98.0 Å². The number of nitrogens with zero attached hydrogens (tertiary/aromatic N) is 3. The summed E-state index contributed by atoms with van der Waals surface area (Å²) < 4.78 is 2.21. The second-order valence-electron chi connectivity index (χ2n) is 6.04. The van der Waals surface area contributed by atoms with Gasteiger partial charge in [-0.25, -0.2) is 4.79 Å². The highest BCUT2D eigenvalue weighted by molar-refractivity contribution is 6.30. The lowest BCUT2D eigenvalue weighted by Gasteiger charge is -2.13. The van der Waals surface area contributed by atoms with Crippen LogP contribution < -0.4 is 21.9 Å². The summed E-state index contributed by atoms with van der Waals surface area (Å²) in [6.45, 7) is 1.46. The van der Waals surface area contributed by atoms with E-state index in [1.54, 1.807) is 55.6 Å². The van der Waals surface area contributed by atoms with Gasteiger partial charge < -0.3 is 10.6 Å². The summed E-state index contributed by atoms with van der Waals surface area (Å²) in [5, 5.41) is 10.1. The van der Waals surface area contributed by atoms with Crippen molar-refractivity contribution in [3.63, 3.8) is 0 Å². The number of carbonyl (C=O) groups excluding carboxylic acids is 1. The SMILES string of the molecule is CNc1nn(-c2cccc(NC(C)=O)c2)c(=O)n(Cc2ccc(Cl)cc2)c1=O. The van der Waals surface area contributed by atoms with E-state index in [0.717, 1.165) is 14.8 Å². The van der Waals surface area contributed by atoms with Crippen molar-refractivity contribution in [1.82, 2.24) is 14.3 Å². The van der Waals surface area contributed by atoms with E-state index in [0.29, 0.717) is 16.4 Å². The molecule has 2 aromatic carbocycles. The van der Waals surface area contributed by atoms with Crippen LogP contribution in [-0.2, 0) is 11.3 Å². The quantitative estimate of drug-likeness (QED) is 0.684. The Morgan fingerprint density at radius 2 is 1.86 bits per heavy atom. The summed E-state index contributed by atoms with van der Waals surface area (Å²) in [5.41, 5.74) is 0.545. The van der Waals surface area contributed by atoms with Crippen LogP contribution in [0.1, 0.15) is 12.5 Å². The summed E-state index contributed by atoms with van der Waals surface area (Å²) in [5.74, 6) is -0.209. The Balaban J connectivity index is 2.12. The fourth-order valence-electron chi connectivity index (χ4n) is 2.67. The average molecular weight is 400 g/mol. The van der Waals surface area contributed by atoms with Crippen molar-refractivity contribution in [2.24, 2.45) is 0 Å². The smallest absolute Gasteiger partial charge is 0.352 e. The third kappa shape index (κ3) is 4.12. The van der Waals surface area contributed by atoms with Crippen LogP contribution in [0.4, 0.5) is 11.5 Å². The maximum Gasteiger partial charge on any atom is 0.352 e. The molecule has 144 valence electrons. The first kappa shape index (κ1) is 19.4. The van der Waals surface area contributed by atoms with E-state index in [2.05, 4.69) is 15.7 Å². The summed E-state index contributed by atoms with van der Waals surface area (Å²) in [4.78, 5) is 36.9. The Kier molecular flexibility index (Phi) is 5.60. The molecule has 0 aliphatic carbocycles. The molecule has 3 aromatic rings. The van der Waals surface area contributed by atoms with Crippen LogP contribution in [0.15, 0.2) is 58.1 Å². The summed E-state index contributed by atoms with van der Waals surface area (Å²) in [6.07, 6.45) is 0. The lowest BCUT2D eigenvalue weighted by atomic mass is 10.2. The molecule has 1 aromatic heterocycles. The van der Waals surface area contributed by atoms with Crippen molar-refractivity contribution >= 4 is 29.0 Å². The first-order valence-electron chi connectivity index (χ1n) is 8.43. The highest BCUT2D eigenvalue weighted by Gasteiger charge is 2.14. The minimum atomic E-state index is -0.598. The van der Waals surface area contributed by atoms with Gasteiger partial charge in [-0.15, -0.1) is 5.10 Å². The molecule has 0 saturated carbocycles. The largest absolute Gasteiger partial charge is 0.367 e. The van der Waals surface area contributed by atoms with Crippen LogP contribution in [0.2, 0.25) is 5.02 Å². The molecule has 0 aliphatic heterocycles. The van der Waals surface area contributed by atoms with E-state index in [9.17, 15) is 14.4 Å². The predicted molar refractivity (Wildman–Crippen MR) is 108 cm³/mol. The minimum absolute atomic E-state index is 0.0264. The Labute approximate surface area is 165 Å². The lowest BCUT2D eigenvalue weighted by Crippen LogP contribution is -2.42. The Morgan fingerprint density at radius 3 is 2.50 bits per heavy atom. The van der Waals surface area contributed by atoms with Gasteiger partial charge in [0.1, 0.15) is 0 Å². The van der Waals surface area contributed by atoms with Crippen molar-refractivity contribution < 1.29 is 4.79 Å². The number of aromatic nitrogens is 3. The maximum absolute atomic E-state index is 13.0. The number of halogens is 1. The number of amides is 1. The van der Waals surface area contributed by atoms with E-state index in [-0.39, 0.29) is 18.3 Å². The standard InChI is InChI=1S/C19H18ClN5O3/c1-12(26)22-15-4-3-5-16(10-15)25-19(28)24(18(27)17(21-2)23-25)11-13-6-8-14(20)9-7-13/h3-10H,11H2,1-2H3,(H,21,23)(H,22,26). The van der Waals surface area contributed by atoms with Crippen molar-refractivity contribution in [2.45, 2.75) is 13.5 Å². The van der Waals surface area contributed by atoms with Crippen molar-refractivity contribution in [3.8, 4) is 5.69 Å². The fraction of sp³-hybridized carbons (Fsp3) is 0.158. The molecule has 1 heterocycles. The summed E-state index contributed by atoms with van der Waals surface area (Å²) in [7, 11) is 1.55. The van der Waals surface area contributed by atoms with E-state index in [4.69, 9.17) is 11.6 Å². The fourth-order valence-corrected chi connectivity index (χ4v) is 2.80. The van der Waals surface area contributed by atoms with Crippen LogP contribution in [-0.4, -0.2) is 27.3 Å². The summed E-state index contributed by atoms with van der Waals surface area (Å²) in [6, 6.07) is 13.5. The highest BCUT2D eigenvalue weighted by Crippen LogP contribution is 2.13. The van der Waals surface area contributed by atoms with Gasteiger partial charge in [-0.05, 0) is 35.9 Å². The molecule has 0 fully saturated rings. The lowest BCUT2D eigenvalue weighted by molar-refractivity contribution is -0.114. The molecular weight excluding hydrogens is 382 g/mol. The monoisotopic (exact) mass is 399 g/mol. The first-order valence-corrected chi connectivity index (χ1v) is 8.81. The maximum atomic E-state index is 13.0. The van der Waals surface area contributed by atoms with Gasteiger partial charge >= 0.3 is 5.69 Å². The molecular formula is C19H18ClN5O3. The van der Waals surface area contributed by atoms with Crippen LogP contribution in [0, 0.1) is 0 Å². The van der Waals surface area contributed by atoms with E-state index in [1.165, 1.54) is 6.92 Å². The zero-order valence-corrected chi connectivity index (χ0v) is 16.0. The van der Waals surface area contributed by atoms with Gasteiger partial charge in [0.05, 0.1) is 12.2 Å². The molecule has 0 aliphatic rings. The zero-order chi connectivity index (χ0) is 20.3. The molecule has 0 spiro atoms. The van der Waals surface area contributed by atoms with Gasteiger partial charge in [0.15, 0.2) is 0 Å². The van der Waals surface area contributed by atoms with Gasteiger partial charge in [0.2, 0.25) is 11.7 Å². The number of nitrogens with one attached hydrogen (secondary N) is 2. The van der Waals surface area contributed by atoms with E-state index < -0.39 is 11.2 Å². The van der Waals surface area contributed by atoms with Crippen molar-refractivity contribution in [2.75, 3.05) is 17.7 Å². The Bertz CT molecular complexity index is 1140. The molecule has 0 radical (unpaired) electrons. The van der Waals surface area contributed by atoms with Gasteiger partial charge in [-0.3, -0.25) is 14.2 Å². The third-order valence-corrected chi connectivity index (χ3v) is 4.21. The normalized spacial score (nSPS) is 10.5. The first-order chi connectivity index (χ1) is 13.4. The van der Waals surface area contributed by atoms with Crippen molar-refractivity contribution in [3.05, 3.63) is 80.0 Å². The molecule has 3 rings (SSSR count). The van der Waals surface area contributed by atoms with E-state index in [1.807, 2.05) is 0 Å². The van der Waals surface area contributed by atoms with Crippen LogP contribution in [0.3, 0.4) is 0 Å². The number of hydrogen-bond acceptors (Lipinski definition) is 5. The second kappa shape index (κ2) is 8.10. The number of rotatable bonds is 5.